The fraction of sp³-hybridized carbons (Fsp3) is 0.800. The van der Waals surface area contributed by atoms with Gasteiger partial charge in [0.25, 0.3) is 0 Å². The summed E-state index contributed by atoms with van der Waals surface area (Å²) in [6.45, 7) is 2.02. The van der Waals surface area contributed by atoms with Crippen molar-refractivity contribution in [3.05, 3.63) is 6.42 Å². The molecule has 0 aromatic rings. The number of nitrogens with zero attached hydrogens (tertiary/aromatic N) is 1. The summed E-state index contributed by atoms with van der Waals surface area (Å²) < 4.78 is 0. The van der Waals surface area contributed by atoms with Gasteiger partial charge in [0, 0.05) is 19.0 Å². The van der Waals surface area contributed by atoms with Crippen LogP contribution in [0.3, 0.4) is 0 Å². The average molecular weight is 166 g/mol. The zero-order valence-corrected chi connectivity index (χ0v) is 7.46. The molecule has 1 heterocycles. The third-order valence-electron chi connectivity index (χ3n) is 2.94. The van der Waals surface area contributed by atoms with Crippen LogP contribution in [-0.2, 0) is 4.79 Å². The summed E-state index contributed by atoms with van der Waals surface area (Å²) in [6, 6.07) is 0. The Morgan fingerprint density at radius 2 is 2.08 bits per heavy atom. The maximum absolute atomic E-state index is 11.8. The molecule has 2 rings (SSSR count). The standard InChI is InChI=1S/C10H16NO/c12-10(9-5-1-2-6-9)11-7-3-4-8-11/h1,9H,2-8H2. The third-order valence-corrected chi connectivity index (χ3v) is 2.94. The van der Waals surface area contributed by atoms with E-state index in [1.807, 2.05) is 4.90 Å². The van der Waals surface area contributed by atoms with Crippen molar-refractivity contribution in [3.8, 4) is 0 Å². The molecule has 0 spiro atoms. The topological polar surface area (TPSA) is 20.3 Å². The Labute approximate surface area is 73.9 Å². The van der Waals surface area contributed by atoms with Gasteiger partial charge in [-0.15, -0.1) is 0 Å². The van der Waals surface area contributed by atoms with Gasteiger partial charge in [-0.1, -0.05) is 0 Å². The van der Waals surface area contributed by atoms with Crippen LogP contribution in [0.1, 0.15) is 32.1 Å². The van der Waals surface area contributed by atoms with Crippen LogP contribution in [-0.4, -0.2) is 23.9 Å². The molecule has 1 aliphatic heterocycles. The van der Waals surface area contributed by atoms with Crippen LogP contribution < -0.4 is 0 Å². The molecule has 0 aromatic heterocycles. The molecule has 1 aliphatic carbocycles. The van der Waals surface area contributed by atoms with Crippen molar-refractivity contribution < 1.29 is 4.79 Å². The van der Waals surface area contributed by atoms with Gasteiger partial charge in [0.2, 0.25) is 5.91 Å². The van der Waals surface area contributed by atoms with Crippen LogP contribution in [0.15, 0.2) is 0 Å². The number of carbonyl (C=O) groups excluding carboxylic acids is 1. The first-order chi connectivity index (χ1) is 5.88. The highest BCUT2D eigenvalue weighted by atomic mass is 16.2. The van der Waals surface area contributed by atoms with Crippen molar-refractivity contribution in [1.29, 1.82) is 0 Å². The first-order valence-electron chi connectivity index (χ1n) is 4.98. The highest BCUT2D eigenvalue weighted by Crippen LogP contribution is 2.26. The van der Waals surface area contributed by atoms with E-state index in [2.05, 4.69) is 6.42 Å². The Kier molecular flexibility index (Phi) is 2.33. The number of carbonyl (C=O) groups is 1. The molecule has 12 heavy (non-hydrogen) atoms. The zero-order chi connectivity index (χ0) is 8.39. The molecule has 1 saturated carbocycles. The molecule has 0 bridgehead atoms. The predicted octanol–water partition coefficient (Wildman–Crippen LogP) is 1.61. The number of amides is 1. The van der Waals surface area contributed by atoms with Crippen LogP contribution in [0.4, 0.5) is 0 Å². The molecule has 1 unspecified atom stereocenters. The average Bonchev–Trinajstić information content (AvgIpc) is 2.77. The van der Waals surface area contributed by atoms with Crippen molar-refractivity contribution in [1.82, 2.24) is 4.90 Å². The molecule has 2 nitrogen and oxygen atoms in total. The molecule has 67 valence electrons. The monoisotopic (exact) mass is 166 g/mol. The Bertz CT molecular complexity index is 149. The molecule has 0 aromatic carbocycles. The lowest BCUT2D eigenvalue weighted by atomic mass is 10.1. The molecular formula is C10H16NO. The van der Waals surface area contributed by atoms with Crippen molar-refractivity contribution >= 4 is 5.91 Å². The van der Waals surface area contributed by atoms with Crippen LogP contribution >= 0.6 is 0 Å². The number of likely N-dealkylation sites (tertiary alicyclic amines) is 1. The van der Waals surface area contributed by atoms with E-state index >= 15 is 0 Å². The summed E-state index contributed by atoms with van der Waals surface area (Å²) >= 11 is 0. The van der Waals surface area contributed by atoms with Crippen molar-refractivity contribution in [2.45, 2.75) is 32.1 Å². The Morgan fingerprint density at radius 3 is 2.67 bits per heavy atom. The SMILES string of the molecule is O=C(C1C[CH]CC1)N1CCCC1. The fourth-order valence-electron chi connectivity index (χ4n) is 2.18. The predicted molar refractivity (Wildman–Crippen MR) is 47.5 cm³/mol. The molecule has 2 fully saturated rings. The number of hydrogen-bond acceptors (Lipinski definition) is 1. The lowest BCUT2D eigenvalue weighted by molar-refractivity contribution is -0.134. The highest BCUT2D eigenvalue weighted by molar-refractivity contribution is 5.79. The minimum atomic E-state index is 0.336. The van der Waals surface area contributed by atoms with Crippen LogP contribution in [0.25, 0.3) is 0 Å². The summed E-state index contributed by atoms with van der Waals surface area (Å²) in [5.41, 5.74) is 0. The number of hydrogen-bond donors (Lipinski definition) is 0. The van der Waals surface area contributed by atoms with Crippen LogP contribution in [0.5, 0.6) is 0 Å². The van der Waals surface area contributed by atoms with Gasteiger partial charge in [-0.3, -0.25) is 4.79 Å². The summed E-state index contributed by atoms with van der Waals surface area (Å²) in [5.74, 6) is 0.754. The van der Waals surface area contributed by atoms with E-state index in [0.29, 0.717) is 11.8 Å². The van der Waals surface area contributed by atoms with E-state index < -0.39 is 0 Å². The molecule has 0 N–H and O–H groups in total. The zero-order valence-electron chi connectivity index (χ0n) is 7.46. The first-order valence-corrected chi connectivity index (χ1v) is 4.98. The summed E-state index contributed by atoms with van der Waals surface area (Å²) in [5, 5.41) is 0. The quantitative estimate of drug-likeness (QED) is 0.579. The van der Waals surface area contributed by atoms with Crippen molar-refractivity contribution in [3.63, 3.8) is 0 Å². The van der Waals surface area contributed by atoms with Gasteiger partial charge in [0.1, 0.15) is 0 Å². The van der Waals surface area contributed by atoms with E-state index in [1.165, 1.54) is 12.8 Å². The lowest BCUT2D eigenvalue weighted by Crippen LogP contribution is -2.32. The minimum Gasteiger partial charge on any atom is -0.342 e. The van der Waals surface area contributed by atoms with Crippen LogP contribution in [0, 0.1) is 12.3 Å². The normalized spacial score (nSPS) is 25.2. The fourth-order valence-corrected chi connectivity index (χ4v) is 2.18. The molecule has 1 radical (unpaired) electrons. The maximum Gasteiger partial charge on any atom is 0.225 e. The van der Waals surface area contributed by atoms with E-state index in [-0.39, 0.29) is 0 Å². The minimum absolute atomic E-state index is 0.336. The van der Waals surface area contributed by atoms with Gasteiger partial charge in [-0.2, -0.15) is 0 Å². The summed E-state index contributed by atoms with van der Waals surface area (Å²) in [4.78, 5) is 13.8. The van der Waals surface area contributed by atoms with Crippen molar-refractivity contribution in [2.24, 2.45) is 5.92 Å². The Hall–Kier alpha value is -0.530. The largest absolute Gasteiger partial charge is 0.342 e. The summed E-state index contributed by atoms with van der Waals surface area (Å²) in [7, 11) is 0. The van der Waals surface area contributed by atoms with Crippen LogP contribution in [0.2, 0.25) is 0 Å². The van der Waals surface area contributed by atoms with Gasteiger partial charge in [-0.25, -0.2) is 0 Å². The molecule has 2 heteroatoms. The van der Waals surface area contributed by atoms with E-state index in [4.69, 9.17) is 0 Å². The van der Waals surface area contributed by atoms with Gasteiger partial charge < -0.3 is 4.90 Å². The third kappa shape index (κ3) is 1.47. The maximum atomic E-state index is 11.8. The first kappa shape index (κ1) is 8.09. The summed E-state index contributed by atoms with van der Waals surface area (Å²) in [6.07, 6.45) is 7.93. The van der Waals surface area contributed by atoms with Gasteiger partial charge >= 0.3 is 0 Å². The van der Waals surface area contributed by atoms with Gasteiger partial charge in [0.15, 0.2) is 0 Å². The van der Waals surface area contributed by atoms with Gasteiger partial charge in [-0.05, 0) is 38.5 Å². The highest BCUT2D eigenvalue weighted by Gasteiger charge is 2.28. The second-order valence-corrected chi connectivity index (χ2v) is 3.83. The molecular weight excluding hydrogens is 150 g/mol. The second kappa shape index (κ2) is 3.46. The molecule has 2 aliphatic rings. The number of rotatable bonds is 1. The second-order valence-electron chi connectivity index (χ2n) is 3.83. The molecule has 1 saturated heterocycles. The molecule has 1 atom stereocenters. The Morgan fingerprint density at radius 1 is 1.33 bits per heavy atom. The lowest BCUT2D eigenvalue weighted by Gasteiger charge is -2.19. The van der Waals surface area contributed by atoms with Gasteiger partial charge in [0.05, 0.1) is 0 Å². The van der Waals surface area contributed by atoms with E-state index in [1.54, 1.807) is 0 Å². The molecule has 1 amide bonds. The van der Waals surface area contributed by atoms with E-state index in [9.17, 15) is 4.79 Å². The van der Waals surface area contributed by atoms with Crippen molar-refractivity contribution in [2.75, 3.05) is 13.1 Å². The van der Waals surface area contributed by atoms with E-state index in [0.717, 1.165) is 32.4 Å². The Balaban J connectivity index is 1.89. The smallest absolute Gasteiger partial charge is 0.225 e.